The summed E-state index contributed by atoms with van der Waals surface area (Å²) in [7, 11) is 3.87. The molecule has 1 atom stereocenters. The highest BCUT2D eigenvalue weighted by Gasteiger charge is 2.42. The summed E-state index contributed by atoms with van der Waals surface area (Å²) in [5.41, 5.74) is 2.31. The van der Waals surface area contributed by atoms with Gasteiger partial charge in [0.25, 0.3) is 0 Å². The van der Waals surface area contributed by atoms with E-state index in [9.17, 15) is 4.79 Å². The Morgan fingerprint density at radius 3 is 2.53 bits per heavy atom. The van der Waals surface area contributed by atoms with Gasteiger partial charge in [-0.2, -0.15) is 0 Å². The monoisotopic (exact) mass is 437 g/mol. The zero-order chi connectivity index (χ0) is 22.4. The molecule has 2 heterocycles. The van der Waals surface area contributed by atoms with E-state index in [-0.39, 0.29) is 11.6 Å². The van der Waals surface area contributed by atoms with Gasteiger partial charge in [-0.3, -0.25) is 4.90 Å². The molecule has 6 nitrogen and oxygen atoms in total. The second-order valence-corrected chi connectivity index (χ2v) is 9.07. The molecule has 1 spiro atoms. The maximum Gasteiger partial charge on any atom is 0.317 e. The van der Waals surface area contributed by atoms with Crippen LogP contribution in [0.2, 0.25) is 0 Å². The average molecular weight is 438 g/mol. The summed E-state index contributed by atoms with van der Waals surface area (Å²) < 4.78 is 11.5. The van der Waals surface area contributed by atoms with Crippen LogP contribution in [0, 0.1) is 0 Å². The number of nitrogens with one attached hydrogen (secondary N) is 1. The normalized spacial score (nSPS) is 20.3. The molecule has 2 aliphatic heterocycles. The van der Waals surface area contributed by atoms with Crippen LogP contribution in [0.5, 0.6) is 5.75 Å². The van der Waals surface area contributed by atoms with E-state index in [4.69, 9.17) is 9.47 Å². The van der Waals surface area contributed by atoms with Crippen molar-refractivity contribution < 1.29 is 14.3 Å². The molecule has 1 N–H and O–H groups in total. The van der Waals surface area contributed by atoms with Gasteiger partial charge in [0.2, 0.25) is 0 Å². The number of likely N-dealkylation sites (tertiary alicyclic amines) is 1. The minimum Gasteiger partial charge on any atom is -0.497 e. The number of rotatable bonds is 6. The lowest BCUT2D eigenvalue weighted by molar-refractivity contribution is -0.128. The lowest BCUT2D eigenvalue weighted by Crippen LogP contribution is -2.55. The molecule has 4 rings (SSSR count). The van der Waals surface area contributed by atoms with Crippen molar-refractivity contribution in [2.24, 2.45) is 0 Å². The van der Waals surface area contributed by atoms with Crippen LogP contribution in [-0.2, 0) is 17.8 Å². The Hall–Kier alpha value is -2.57. The first kappa shape index (κ1) is 22.6. The Morgan fingerprint density at radius 2 is 1.84 bits per heavy atom. The number of carbonyl (C=O) groups is 1. The molecule has 0 saturated carbocycles. The van der Waals surface area contributed by atoms with Gasteiger partial charge in [0.05, 0.1) is 12.7 Å². The fourth-order valence-electron chi connectivity index (χ4n) is 4.88. The minimum absolute atomic E-state index is 0.00391. The number of methoxy groups -OCH3 is 1. The number of ether oxygens (including phenoxy) is 2. The van der Waals surface area contributed by atoms with E-state index in [0.29, 0.717) is 12.6 Å². The number of nitrogens with zero attached hydrogens (tertiary/aromatic N) is 2. The zero-order valence-corrected chi connectivity index (χ0v) is 19.3. The Labute approximate surface area is 191 Å². The number of benzene rings is 2. The number of carbonyl (C=O) groups excluding carboxylic acids is 1. The third-order valence-electron chi connectivity index (χ3n) is 6.93. The van der Waals surface area contributed by atoms with Crippen LogP contribution in [0.3, 0.4) is 0 Å². The standard InChI is InChI=1S/C26H35N3O3/c1-28(20-22-6-4-3-5-7-22)23-12-17-32-26(18-23)13-15-29(16-14-26)25(30)27-19-21-8-10-24(31-2)11-9-21/h3-11,23H,12-20H2,1-2H3,(H,27,30). The van der Waals surface area contributed by atoms with Crippen LogP contribution < -0.4 is 10.1 Å². The summed E-state index contributed by atoms with van der Waals surface area (Å²) in [5.74, 6) is 0.821. The fraction of sp³-hybridized carbons (Fsp3) is 0.500. The van der Waals surface area contributed by atoms with Crippen LogP contribution >= 0.6 is 0 Å². The van der Waals surface area contributed by atoms with Gasteiger partial charge in [-0.25, -0.2) is 4.79 Å². The lowest BCUT2D eigenvalue weighted by Gasteiger charge is -2.48. The van der Waals surface area contributed by atoms with E-state index in [2.05, 4.69) is 47.6 Å². The molecule has 0 bridgehead atoms. The number of piperidine rings is 1. The van der Waals surface area contributed by atoms with Gasteiger partial charge in [0, 0.05) is 38.8 Å². The smallest absolute Gasteiger partial charge is 0.317 e. The lowest BCUT2D eigenvalue weighted by atomic mass is 9.82. The molecule has 0 radical (unpaired) electrons. The van der Waals surface area contributed by atoms with Crippen molar-refractivity contribution in [2.45, 2.75) is 50.4 Å². The molecular formula is C26H35N3O3. The Balaban J connectivity index is 1.25. The van der Waals surface area contributed by atoms with E-state index in [0.717, 1.165) is 63.2 Å². The third-order valence-corrected chi connectivity index (χ3v) is 6.93. The summed E-state index contributed by atoms with van der Waals surface area (Å²) in [5, 5.41) is 3.05. The molecule has 32 heavy (non-hydrogen) atoms. The van der Waals surface area contributed by atoms with Crippen molar-refractivity contribution in [1.82, 2.24) is 15.1 Å². The van der Waals surface area contributed by atoms with Crippen LogP contribution in [-0.4, -0.2) is 61.3 Å². The molecule has 0 aromatic heterocycles. The second kappa shape index (κ2) is 10.4. The zero-order valence-electron chi connectivity index (χ0n) is 19.3. The van der Waals surface area contributed by atoms with Crippen molar-refractivity contribution in [3.05, 3.63) is 65.7 Å². The molecule has 2 saturated heterocycles. The maximum absolute atomic E-state index is 12.7. The van der Waals surface area contributed by atoms with Crippen molar-refractivity contribution in [1.29, 1.82) is 0 Å². The predicted octanol–water partition coefficient (Wildman–Crippen LogP) is 4.05. The minimum atomic E-state index is -0.0966. The molecule has 2 amide bonds. The van der Waals surface area contributed by atoms with Gasteiger partial charge in [0.15, 0.2) is 0 Å². The Morgan fingerprint density at radius 1 is 1.12 bits per heavy atom. The molecular weight excluding hydrogens is 402 g/mol. The SMILES string of the molecule is COc1ccc(CNC(=O)N2CCC3(CC2)CC(N(C)Cc2ccccc2)CCO3)cc1. The summed E-state index contributed by atoms with van der Waals surface area (Å²) in [6.45, 7) is 3.76. The largest absolute Gasteiger partial charge is 0.497 e. The van der Waals surface area contributed by atoms with Crippen LogP contribution in [0.4, 0.5) is 4.79 Å². The van der Waals surface area contributed by atoms with E-state index in [1.54, 1.807) is 7.11 Å². The number of hydrogen-bond acceptors (Lipinski definition) is 4. The van der Waals surface area contributed by atoms with E-state index < -0.39 is 0 Å². The maximum atomic E-state index is 12.7. The molecule has 172 valence electrons. The van der Waals surface area contributed by atoms with Crippen molar-refractivity contribution in [2.75, 3.05) is 33.9 Å². The number of hydrogen-bond donors (Lipinski definition) is 1. The summed E-state index contributed by atoms with van der Waals surface area (Å²) in [6.07, 6.45) is 3.91. The van der Waals surface area contributed by atoms with Gasteiger partial charge in [-0.05, 0) is 56.0 Å². The van der Waals surface area contributed by atoms with Crippen LogP contribution in [0.1, 0.15) is 36.8 Å². The molecule has 1 unspecified atom stereocenters. The van der Waals surface area contributed by atoms with Gasteiger partial charge in [-0.15, -0.1) is 0 Å². The van der Waals surface area contributed by atoms with E-state index in [1.165, 1.54) is 5.56 Å². The van der Waals surface area contributed by atoms with Gasteiger partial charge in [0.1, 0.15) is 5.75 Å². The van der Waals surface area contributed by atoms with Crippen molar-refractivity contribution in [3.8, 4) is 5.75 Å². The Bertz CT molecular complexity index is 864. The highest BCUT2D eigenvalue weighted by Crippen LogP contribution is 2.36. The molecule has 2 aromatic carbocycles. The second-order valence-electron chi connectivity index (χ2n) is 9.07. The first-order chi connectivity index (χ1) is 15.6. The molecule has 0 aliphatic carbocycles. The molecule has 2 aromatic rings. The van der Waals surface area contributed by atoms with Crippen molar-refractivity contribution >= 4 is 6.03 Å². The molecule has 2 fully saturated rings. The average Bonchev–Trinajstić information content (AvgIpc) is 2.84. The fourth-order valence-corrected chi connectivity index (χ4v) is 4.88. The van der Waals surface area contributed by atoms with Gasteiger partial charge < -0.3 is 19.7 Å². The summed E-state index contributed by atoms with van der Waals surface area (Å²) >= 11 is 0. The van der Waals surface area contributed by atoms with Crippen molar-refractivity contribution in [3.63, 3.8) is 0 Å². The highest BCUT2D eigenvalue weighted by atomic mass is 16.5. The summed E-state index contributed by atoms with van der Waals surface area (Å²) in [6, 6.07) is 18.9. The van der Waals surface area contributed by atoms with Crippen LogP contribution in [0.15, 0.2) is 54.6 Å². The Kier molecular flexibility index (Phi) is 7.33. The third kappa shape index (κ3) is 5.61. The van der Waals surface area contributed by atoms with Gasteiger partial charge >= 0.3 is 6.03 Å². The van der Waals surface area contributed by atoms with Gasteiger partial charge in [-0.1, -0.05) is 42.5 Å². The van der Waals surface area contributed by atoms with Crippen LogP contribution in [0.25, 0.3) is 0 Å². The number of amides is 2. The first-order valence-corrected chi connectivity index (χ1v) is 11.6. The quantitative estimate of drug-likeness (QED) is 0.741. The summed E-state index contributed by atoms with van der Waals surface area (Å²) in [4.78, 5) is 17.1. The highest BCUT2D eigenvalue weighted by molar-refractivity contribution is 5.74. The molecule has 2 aliphatic rings. The van der Waals surface area contributed by atoms with E-state index in [1.807, 2.05) is 29.2 Å². The first-order valence-electron chi connectivity index (χ1n) is 11.6. The topological polar surface area (TPSA) is 54.0 Å². The van der Waals surface area contributed by atoms with E-state index >= 15 is 0 Å². The number of urea groups is 1. The predicted molar refractivity (Wildman–Crippen MR) is 126 cm³/mol. The molecule has 6 heteroatoms.